The molecule has 1 rings (SSSR count). The van der Waals surface area contributed by atoms with Crippen LogP contribution in [0.1, 0.15) is 26.7 Å². The summed E-state index contributed by atoms with van der Waals surface area (Å²) in [6.45, 7) is 8.68. The highest BCUT2D eigenvalue weighted by Crippen LogP contribution is 2.15. The lowest BCUT2D eigenvalue weighted by Gasteiger charge is -2.32. The third-order valence-corrected chi connectivity index (χ3v) is 3.57. The van der Waals surface area contributed by atoms with E-state index in [1.165, 1.54) is 12.8 Å². The third-order valence-electron chi connectivity index (χ3n) is 2.98. The zero-order chi connectivity index (χ0) is 11.8. The van der Waals surface area contributed by atoms with Crippen LogP contribution >= 0.6 is 11.8 Å². The molecule has 1 aliphatic rings. The van der Waals surface area contributed by atoms with Crippen molar-refractivity contribution in [2.45, 2.75) is 26.7 Å². The van der Waals surface area contributed by atoms with Gasteiger partial charge in [-0.2, -0.15) is 11.8 Å². The lowest BCUT2D eigenvalue weighted by atomic mass is 10.00. The quantitative estimate of drug-likeness (QED) is 0.465. The average Bonchev–Trinajstić information content (AvgIpc) is 2.29. The molecule has 4 heteroatoms. The maximum absolute atomic E-state index is 4.66. The minimum atomic E-state index is 0.880. The largest absolute Gasteiger partial charge is 0.357 e. The Bertz CT molecular complexity index is 210. The van der Waals surface area contributed by atoms with Crippen LogP contribution in [-0.2, 0) is 0 Å². The summed E-state index contributed by atoms with van der Waals surface area (Å²) in [6.07, 6.45) is 4.73. The Balaban J connectivity index is 2.45. The molecule has 0 aromatic heterocycles. The van der Waals surface area contributed by atoms with Gasteiger partial charge in [0.15, 0.2) is 5.96 Å². The first-order valence-corrected chi connectivity index (χ1v) is 7.69. The number of piperidine rings is 1. The zero-order valence-electron chi connectivity index (χ0n) is 10.8. The number of hydrogen-bond acceptors (Lipinski definition) is 2. The molecule has 0 aromatic carbocycles. The van der Waals surface area contributed by atoms with Crippen LogP contribution in [0.3, 0.4) is 0 Å². The van der Waals surface area contributed by atoms with Gasteiger partial charge in [0.25, 0.3) is 0 Å². The van der Waals surface area contributed by atoms with Crippen molar-refractivity contribution in [2.75, 3.05) is 38.2 Å². The maximum Gasteiger partial charge on any atom is 0.193 e. The van der Waals surface area contributed by atoms with Crippen LogP contribution in [0.2, 0.25) is 0 Å². The van der Waals surface area contributed by atoms with Crippen molar-refractivity contribution in [2.24, 2.45) is 10.9 Å². The molecule has 1 N–H and O–H groups in total. The third kappa shape index (κ3) is 4.64. The number of thioether (sulfide) groups is 1. The lowest BCUT2D eigenvalue weighted by molar-refractivity contribution is 0.273. The fourth-order valence-electron chi connectivity index (χ4n) is 1.89. The number of nitrogens with zero attached hydrogens (tertiary/aromatic N) is 2. The van der Waals surface area contributed by atoms with Gasteiger partial charge in [-0.25, -0.2) is 0 Å². The summed E-state index contributed by atoms with van der Waals surface area (Å²) < 4.78 is 0. The summed E-state index contributed by atoms with van der Waals surface area (Å²) in [5.41, 5.74) is 0. The summed E-state index contributed by atoms with van der Waals surface area (Å²) in [7, 11) is 0. The fourth-order valence-corrected chi connectivity index (χ4v) is 2.16. The monoisotopic (exact) mass is 243 g/mol. The number of aliphatic imine (C=N–C) groups is 1. The normalized spacial score (nSPS) is 18.9. The summed E-state index contributed by atoms with van der Waals surface area (Å²) >= 11 is 1.86. The van der Waals surface area contributed by atoms with Gasteiger partial charge in [0.2, 0.25) is 0 Å². The van der Waals surface area contributed by atoms with Gasteiger partial charge in [-0.3, -0.25) is 4.99 Å². The standard InChI is InChI=1S/C12H25N3S/c1-4-13-12(14-7-10-16-3)15-8-5-11(2)6-9-15/h11H,4-10H2,1-3H3,(H,13,14). The Morgan fingerprint density at radius 3 is 2.69 bits per heavy atom. The van der Waals surface area contributed by atoms with E-state index in [-0.39, 0.29) is 0 Å². The van der Waals surface area contributed by atoms with Crippen molar-refractivity contribution < 1.29 is 0 Å². The van der Waals surface area contributed by atoms with E-state index in [0.29, 0.717) is 0 Å². The molecular weight excluding hydrogens is 218 g/mol. The molecule has 1 aliphatic heterocycles. The van der Waals surface area contributed by atoms with E-state index in [1.54, 1.807) is 0 Å². The molecule has 0 unspecified atom stereocenters. The topological polar surface area (TPSA) is 27.6 Å². The Labute approximate surface area is 104 Å². The molecule has 0 saturated carbocycles. The van der Waals surface area contributed by atoms with E-state index >= 15 is 0 Å². The molecule has 0 spiro atoms. The highest BCUT2D eigenvalue weighted by Gasteiger charge is 2.18. The SMILES string of the molecule is CCNC(=NCCSC)N1CCC(C)CC1. The first kappa shape index (κ1) is 13.7. The molecular formula is C12H25N3S. The molecule has 1 saturated heterocycles. The summed E-state index contributed by atoms with van der Waals surface area (Å²) in [6, 6.07) is 0. The van der Waals surface area contributed by atoms with Crippen molar-refractivity contribution in [3.8, 4) is 0 Å². The van der Waals surface area contributed by atoms with Gasteiger partial charge in [-0.15, -0.1) is 0 Å². The van der Waals surface area contributed by atoms with E-state index in [0.717, 1.165) is 43.8 Å². The van der Waals surface area contributed by atoms with Gasteiger partial charge in [-0.05, 0) is 31.9 Å². The molecule has 0 radical (unpaired) electrons. The van der Waals surface area contributed by atoms with Gasteiger partial charge in [-0.1, -0.05) is 6.92 Å². The summed E-state index contributed by atoms with van der Waals surface area (Å²) in [4.78, 5) is 7.07. The molecule has 1 fully saturated rings. The molecule has 0 amide bonds. The molecule has 0 aromatic rings. The molecule has 0 aliphatic carbocycles. The highest BCUT2D eigenvalue weighted by molar-refractivity contribution is 7.98. The Kier molecular flexibility index (Phi) is 6.69. The summed E-state index contributed by atoms with van der Waals surface area (Å²) in [5, 5.41) is 3.39. The minimum Gasteiger partial charge on any atom is -0.357 e. The Morgan fingerprint density at radius 1 is 1.44 bits per heavy atom. The lowest BCUT2D eigenvalue weighted by Crippen LogP contribution is -2.45. The van der Waals surface area contributed by atoms with E-state index in [1.807, 2.05) is 11.8 Å². The van der Waals surface area contributed by atoms with Crippen LogP contribution in [0, 0.1) is 5.92 Å². The fraction of sp³-hybridized carbons (Fsp3) is 0.917. The van der Waals surface area contributed by atoms with Crippen LogP contribution in [0.5, 0.6) is 0 Å². The van der Waals surface area contributed by atoms with E-state index < -0.39 is 0 Å². The smallest absolute Gasteiger partial charge is 0.193 e. The second kappa shape index (κ2) is 7.82. The molecule has 0 atom stereocenters. The van der Waals surface area contributed by atoms with E-state index in [4.69, 9.17) is 0 Å². The first-order chi connectivity index (χ1) is 7.77. The van der Waals surface area contributed by atoms with Gasteiger partial charge in [0.1, 0.15) is 0 Å². The molecule has 3 nitrogen and oxygen atoms in total. The number of rotatable bonds is 4. The average molecular weight is 243 g/mol. The van der Waals surface area contributed by atoms with E-state index in [9.17, 15) is 0 Å². The molecule has 1 heterocycles. The van der Waals surface area contributed by atoms with Crippen LogP contribution in [0.4, 0.5) is 0 Å². The van der Waals surface area contributed by atoms with Crippen molar-refractivity contribution in [1.82, 2.24) is 10.2 Å². The maximum atomic E-state index is 4.66. The van der Waals surface area contributed by atoms with E-state index in [2.05, 4.69) is 35.3 Å². The predicted octanol–water partition coefficient (Wildman–Crippen LogP) is 2.05. The Hall–Kier alpha value is -0.380. The minimum absolute atomic E-state index is 0.880. The van der Waals surface area contributed by atoms with Gasteiger partial charge in [0, 0.05) is 25.4 Å². The molecule has 16 heavy (non-hydrogen) atoms. The van der Waals surface area contributed by atoms with Crippen molar-refractivity contribution in [3.63, 3.8) is 0 Å². The number of guanidine groups is 1. The van der Waals surface area contributed by atoms with Crippen LogP contribution < -0.4 is 5.32 Å². The molecule has 0 bridgehead atoms. The van der Waals surface area contributed by atoms with Gasteiger partial charge < -0.3 is 10.2 Å². The Morgan fingerprint density at radius 2 is 2.12 bits per heavy atom. The van der Waals surface area contributed by atoms with Gasteiger partial charge in [0.05, 0.1) is 6.54 Å². The number of hydrogen-bond donors (Lipinski definition) is 1. The van der Waals surface area contributed by atoms with Crippen LogP contribution in [0.15, 0.2) is 4.99 Å². The van der Waals surface area contributed by atoms with Gasteiger partial charge >= 0.3 is 0 Å². The van der Waals surface area contributed by atoms with Crippen molar-refractivity contribution in [3.05, 3.63) is 0 Å². The molecule has 94 valence electrons. The summed E-state index contributed by atoms with van der Waals surface area (Å²) in [5.74, 6) is 3.10. The zero-order valence-corrected chi connectivity index (χ0v) is 11.6. The first-order valence-electron chi connectivity index (χ1n) is 6.30. The number of likely N-dealkylation sites (tertiary alicyclic amines) is 1. The van der Waals surface area contributed by atoms with Crippen LogP contribution in [0.25, 0.3) is 0 Å². The second-order valence-electron chi connectivity index (χ2n) is 4.40. The second-order valence-corrected chi connectivity index (χ2v) is 5.38. The predicted molar refractivity (Wildman–Crippen MR) is 74.3 cm³/mol. The highest BCUT2D eigenvalue weighted by atomic mass is 32.2. The van der Waals surface area contributed by atoms with Crippen LogP contribution in [-0.4, -0.2) is 49.0 Å². The van der Waals surface area contributed by atoms with Crippen molar-refractivity contribution in [1.29, 1.82) is 0 Å². The number of nitrogens with one attached hydrogen (secondary N) is 1. The van der Waals surface area contributed by atoms with Crippen molar-refractivity contribution >= 4 is 17.7 Å².